The highest BCUT2D eigenvalue weighted by atomic mass is 35.5. The second-order valence-electron chi connectivity index (χ2n) is 4.98. The molecule has 0 aliphatic rings. The molecule has 2 aromatic rings. The van der Waals surface area contributed by atoms with Crippen LogP contribution in [0.15, 0.2) is 24.3 Å². The van der Waals surface area contributed by atoms with Crippen molar-refractivity contribution in [2.24, 2.45) is 0 Å². The SMILES string of the molecule is O=C(O)c1cc(Cl)c(-c2cc(C(=O)O)c(C(=O)O)cc2Cl)cc1C(=O)O. The summed E-state index contributed by atoms with van der Waals surface area (Å²) in [4.78, 5) is 45.0. The van der Waals surface area contributed by atoms with Gasteiger partial charge >= 0.3 is 23.9 Å². The van der Waals surface area contributed by atoms with E-state index in [9.17, 15) is 29.4 Å². The lowest BCUT2D eigenvalue weighted by molar-refractivity contribution is 0.0651. The molecule has 0 aromatic heterocycles. The summed E-state index contributed by atoms with van der Waals surface area (Å²) in [5.41, 5.74) is -2.43. The molecule has 0 atom stereocenters. The topological polar surface area (TPSA) is 149 Å². The normalized spacial score (nSPS) is 10.4. The predicted molar refractivity (Wildman–Crippen MR) is 89.7 cm³/mol. The van der Waals surface area contributed by atoms with Crippen LogP contribution in [0.25, 0.3) is 11.1 Å². The Morgan fingerprint density at radius 2 is 0.769 bits per heavy atom. The smallest absolute Gasteiger partial charge is 0.336 e. The van der Waals surface area contributed by atoms with E-state index >= 15 is 0 Å². The zero-order valence-corrected chi connectivity index (χ0v) is 14.0. The highest BCUT2D eigenvalue weighted by molar-refractivity contribution is 6.37. The number of benzene rings is 2. The third-order valence-corrected chi connectivity index (χ3v) is 4.05. The molecule has 0 spiro atoms. The number of rotatable bonds is 5. The van der Waals surface area contributed by atoms with Crippen LogP contribution in [0.2, 0.25) is 10.0 Å². The van der Waals surface area contributed by atoms with Crippen LogP contribution in [-0.4, -0.2) is 44.3 Å². The Morgan fingerprint density at radius 1 is 0.538 bits per heavy atom. The maximum absolute atomic E-state index is 11.3. The molecule has 0 unspecified atom stereocenters. The molecule has 0 fully saturated rings. The van der Waals surface area contributed by atoms with Gasteiger partial charge in [0.05, 0.1) is 22.3 Å². The van der Waals surface area contributed by atoms with Crippen molar-refractivity contribution in [3.05, 3.63) is 56.6 Å². The van der Waals surface area contributed by atoms with Crippen molar-refractivity contribution in [3.63, 3.8) is 0 Å². The highest BCUT2D eigenvalue weighted by Crippen LogP contribution is 2.37. The first-order valence-corrected chi connectivity index (χ1v) is 7.40. The van der Waals surface area contributed by atoms with Crippen molar-refractivity contribution in [1.82, 2.24) is 0 Å². The molecule has 0 aliphatic carbocycles. The number of carboxylic acid groups (broad SMARTS) is 4. The van der Waals surface area contributed by atoms with Gasteiger partial charge in [-0.05, 0) is 24.3 Å². The second-order valence-corrected chi connectivity index (χ2v) is 5.79. The Hall–Kier alpha value is -3.10. The first-order valence-electron chi connectivity index (χ1n) is 6.65. The van der Waals surface area contributed by atoms with Crippen LogP contribution in [-0.2, 0) is 0 Å². The summed E-state index contributed by atoms with van der Waals surface area (Å²) in [7, 11) is 0. The van der Waals surface area contributed by atoms with Crippen LogP contribution in [0.5, 0.6) is 0 Å². The molecule has 4 N–H and O–H groups in total. The van der Waals surface area contributed by atoms with E-state index in [2.05, 4.69) is 0 Å². The maximum Gasteiger partial charge on any atom is 0.336 e. The van der Waals surface area contributed by atoms with Gasteiger partial charge in [-0.3, -0.25) is 0 Å². The number of aromatic carboxylic acids is 4. The Morgan fingerprint density at radius 3 is 1.00 bits per heavy atom. The number of carboxylic acids is 4. The molecule has 0 saturated heterocycles. The van der Waals surface area contributed by atoms with Gasteiger partial charge in [-0.1, -0.05) is 23.2 Å². The predicted octanol–water partition coefficient (Wildman–Crippen LogP) is 3.45. The number of hydrogen-bond acceptors (Lipinski definition) is 4. The summed E-state index contributed by atoms with van der Waals surface area (Å²) < 4.78 is 0. The van der Waals surface area contributed by atoms with Gasteiger partial charge in [0.1, 0.15) is 0 Å². The van der Waals surface area contributed by atoms with Crippen LogP contribution in [0, 0.1) is 0 Å². The molecule has 134 valence electrons. The fourth-order valence-corrected chi connectivity index (χ4v) is 2.80. The summed E-state index contributed by atoms with van der Waals surface area (Å²) in [5.74, 6) is -6.13. The van der Waals surface area contributed by atoms with Crippen LogP contribution < -0.4 is 0 Å². The lowest BCUT2D eigenvalue weighted by atomic mass is 9.95. The van der Waals surface area contributed by atoms with Gasteiger partial charge in [0.15, 0.2) is 0 Å². The fourth-order valence-electron chi connectivity index (χ4n) is 2.27. The van der Waals surface area contributed by atoms with Gasteiger partial charge in [-0.2, -0.15) is 0 Å². The van der Waals surface area contributed by atoms with Gasteiger partial charge in [0.25, 0.3) is 0 Å². The van der Waals surface area contributed by atoms with E-state index in [0.29, 0.717) is 0 Å². The fraction of sp³-hybridized carbons (Fsp3) is 0. The Bertz CT molecular complexity index is 901. The van der Waals surface area contributed by atoms with Gasteiger partial charge < -0.3 is 20.4 Å². The quantitative estimate of drug-likeness (QED) is 0.597. The Kier molecular flexibility index (Phi) is 5.20. The van der Waals surface area contributed by atoms with E-state index in [1.807, 2.05) is 0 Å². The lowest BCUT2D eigenvalue weighted by Gasteiger charge is -2.13. The molecule has 0 bridgehead atoms. The Balaban J connectivity index is 2.84. The molecule has 0 saturated carbocycles. The largest absolute Gasteiger partial charge is 0.478 e. The van der Waals surface area contributed by atoms with E-state index in [0.717, 1.165) is 24.3 Å². The number of carbonyl (C=O) groups is 4. The minimum absolute atomic E-state index is 0.0569. The highest BCUT2D eigenvalue weighted by Gasteiger charge is 2.24. The average molecular weight is 399 g/mol. The minimum atomic E-state index is -1.54. The van der Waals surface area contributed by atoms with Crippen molar-refractivity contribution in [2.75, 3.05) is 0 Å². The standard InChI is InChI=1S/C16H8Cl2O8/c17-11-3-9(15(23)24)7(13(19)20)1-5(11)6-2-8(14(21)22)10(16(25)26)4-12(6)18/h1-4H,(H,19,20)(H,21,22)(H,23,24)(H,25,26). The van der Waals surface area contributed by atoms with Crippen molar-refractivity contribution < 1.29 is 39.6 Å². The first kappa shape index (κ1) is 19.2. The van der Waals surface area contributed by atoms with Crippen LogP contribution in [0.3, 0.4) is 0 Å². The third-order valence-electron chi connectivity index (χ3n) is 3.43. The van der Waals surface area contributed by atoms with E-state index in [-0.39, 0.29) is 21.2 Å². The van der Waals surface area contributed by atoms with E-state index in [1.54, 1.807) is 0 Å². The Labute approximate surface area is 154 Å². The summed E-state index contributed by atoms with van der Waals surface area (Å²) in [6, 6.07) is 3.65. The molecule has 0 amide bonds. The molecule has 0 radical (unpaired) electrons. The zero-order valence-electron chi connectivity index (χ0n) is 12.5. The molecule has 8 nitrogen and oxygen atoms in total. The molecule has 0 heterocycles. The summed E-state index contributed by atoms with van der Waals surface area (Å²) in [5, 5.41) is 36.1. The lowest BCUT2D eigenvalue weighted by Crippen LogP contribution is -2.10. The van der Waals surface area contributed by atoms with Gasteiger partial charge in [0, 0.05) is 21.2 Å². The van der Waals surface area contributed by atoms with Crippen molar-refractivity contribution in [1.29, 1.82) is 0 Å². The molecular weight excluding hydrogens is 391 g/mol. The van der Waals surface area contributed by atoms with Crippen LogP contribution >= 0.6 is 23.2 Å². The van der Waals surface area contributed by atoms with Gasteiger partial charge in [-0.15, -0.1) is 0 Å². The van der Waals surface area contributed by atoms with Gasteiger partial charge in [0.2, 0.25) is 0 Å². The molecule has 10 heteroatoms. The van der Waals surface area contributed by atoms with Crippen molar-refractivity contribution in [2.45, 2.75) is 0 Å². The zero-order chi connectivity index (χ0) is 19.8. The summed E-state index contributed by atoms with van der Waals surface area (Å²) >= 11 is 12.0. The van der Waals surface area contributed by atoms with Crippen molar-refractivity contribution in [3.8, 4) is 11.1 Å². The van der Waals surface area contributed by atoms with E-state index in [4.69, 9.17) is 33.4 Å². The third kappa shape index (κ3) is 3.46. The summed E-state index contributed by atoms with van der Waals surface area (Å²) in [6.45, 7) is 0. The van der Waals surface area contributed by atoms with Gasteiger partial charge in [-0.25, -0.2) is 19.2 Å². The number of halogens is 2. The van der Waals surface area contributed by atoms with Crippen LogP contribution in [0.4, 0.5) is 0 Å². The molecule has 2 aromatic carbocycles. The number of hydrogen-bond donors (Lipinski definition) is 4. The summed E-state index contributed by atoms with van der Waals surface area (Å²) in [6.07, 6.45) is 0. The average Bonchev–Trinajstić information content (AvgIpc) is 2.53. The molecule has 26 heavy (non-hydrogen) atoms. The molecular formula is C16H8Cl2O8. The van der Waals surface area contributed by atoms with E-state index < -0.39 is 46.1 Å². The molecule has 0 aliphatic heterocycles. The van der Waals surface area contributed by atoms with Crippen molar-refractivity contribution >= 4 is 47.1 Å². The maximum atomic E-state index is 11.3. The first-order chi connectivity index (χ1) is 12.0. The minimum Gasteiger partial charge on any atom is -0.478 e. The second kappa shape index (κ2) is 7.03. The molecule has 2 rings (SSSR count). The van der Waals surface area contributed by atoms with Crippen LogP contribution in [0.1, 0.15) is 41.4 Å². The van der Waals surface area contributed by atoms with E-state index in [1.165, 1.54) is 0 Å². The monoisotopic (exact) mass is 398 g/mol.